The first kappa shape index (κ1) is 13.9. The van der Waals surface area contributed by atoms with Gasteiger partial charge in [-0.15, -0.1) is 0 Å². The fourth-order valence-electron chi connectivity index (χ4n) is 1.45. The van der Waals surface area contributed by atoms with E-state index in [1.54, 1.807) is 0 Å². The van der Waals surface area contributed by atoms with Crippen molar-refractivity contribution in [1.29, 1.82) is 0 Å². The van der Waals surface area contributed by atoms with Crippen molar-refractivity contribution < 1.29 is 27.1 Å². The maximum atomic E-state index is 13.3. The van der Waals surface area contributed by atoms with E-state index in [1.165, 1.54) is 0 Å². The summed E-state index contributed by atoms with van der Waals surface area (Å²) >= 11 is 0. The largest absolute Gasteiger partial charge is 0.423 e. The van der Waals surface area contributed by atoms with E-state index in [0.717, 1.165) is 6.92 Å². The number of hydrogen-bond donors (Lipinski definition) is 2. The number of rotatable bonds is 2. The lowest BCUT2D eigenvalue weighted by Gasteiger charge is -2.34. The fraction of sp³-hybridized carbons (Fsp3) is 0.400. The smallest absolute Gasteiger partial charge is 0.375 e. The molecule has 0 amide bonds. The minimum atomic E-state index is -5.17. The van der Waals surface area contributed by atoms with Crippen LogP contribution in [0.2, 0.25) is 0 Å². The van der Waals surface area contributed by atoms with Crippen LogP contribution in [0.25, 0.3) is 0 Å². The van der Waals surface area contributed by atoms with Crippen molar-refractivity contribution in [2.45, 2.75) is 24.7 Å². The highest BCUT2D eigenvalue weighted by atomic mass is 19.4. The van der Waals surface area contributed by atoms with Gasteiger partial charge in [-0.3, -0.25) is 0 Å². The van der Waals surface area contributed by atoms with Crippen LogP contribution in [0.3, 0.4) is 0 Å². The summed E-state index contributed by atoms with van der Waals surface area (Å²) in [7, 11) is 0. The summed E-state index contributed by atoms with van der Waals surface area (Å²) in [4.78, 5) is 0. The molecule has 0 saturated carbocycles. The van der Waals surface area contributed by atoms with Gasteiger partial charge in [0.15, 0.2) is 0 Å². The van der Waals surface area contributed by atoms with E-state index in [0.29, 0.717) is 12.1 Å². The van der Waals surface area contributed by atoms with Crippen LogP contribution in [-0.2, 0) is 5.60 Å². The molecular weight excluding hydrogens is 245 g/mol. The van der Waals surface area contributed by atoms with Gasteiger partial charge in [0.1, 0.15) is 11.6 Å². The molecule has 17 heavy (non-hydrogen) atoms. The van der Waals surface area contributed by atoms with E-state index in [1.807, 2.05) is 0 Å². The second-order valence-electron chi connectivity index (χ2n) is 3.68. The minimum Gasteiger partial charge on any atom is -0.375 e. The highest BCUT2D eigenvalue weighted by Crippen LogP contribution is 2.41. The second kappa shape index (κ2) is 4.23. The summed E-state index contributed by atoms with van der Waals surface area (Å²) in [6, 6.07) is -0.393. The SMILES string of the molecule is CC(N)C(O)(c1ccc(F)cc1F)C(F)(F)F. The van der Waals surface area contributed by atoms with Crippen molar-refractivity contribution >= 4 is 0 Å². The Morgan fingerprint density at radius 3 is 2.12 bits per heavy atom. The van der Waals surface area contributed by atoms with Crippen molar-refractivity contribution in [3.63, 3.8) is 0 Å². The lowest BCUT2D eigenvalue weighted by atomic mass is 9.86. The Morgan fingerprint density at radius 1 is 1.24 bits per heavy atom. The molecule has 0 bridgehead atoms. The van der Waals surface area contributed by atoms with Gasteiger partial charge in [0.25, 0.3) is 0 Å². The van der Waals surface area contributed by atoms with Crippen LogP contribution in [0.1, 0.15) is 12.5 Å². The third kappa shape index (κ3) is 2.25. The number of nitrogens with two attached hydrogens (primary N) is 1. The number of halogens is 5. The van der Waals surface area contributed by atoms with Gasteiger partial charge in [-0.05, 0) is 19.1 Å². The molecule has 3 N–H and O–H groups in total. The predicted molar refractivity (Wildman–Crippen MR) is 50.0 cm³/mol. The van der Waals surface area contributed by atoms with Crippen LogP contribution in [0, 0.1) is 11.6 Å². The average molecular weight is 255 g/mol. The molecule has 0 aliphatic rings. The molecule has 96 valence electrons. The van der Waals surface area contributed by atoms with Crippen LogP contribution in [0.4, 0.5) is 22.0 Å². The van der Waals surface area contributed by atoms with Crippen molar-refractivity contribution in [1.82, 2.24) is 0 Å². The van der Waals surface area contributed by atoms with Gasteiger partial charge in [-0.1, -0.05) is 0 Å². The monoisotopic (exact) mass is 255 g/mol. The van der Waals surface area contributed by atoms with Crippen molar-refractivity contribution in [2.75, 3.05) is 0 Å². The highest BCUT2D eigenvalue weighted by Gasteiger charge is 2.58. The first-order chi connectivity index (χ1) is 7.60. The molecule has 0 aliphatic heterocycles. The topological polar surface area (TPSA) is 46.2 Å². The molecule has 1 rings (SSSR count). The Hall–Kier alpha value is -1.21. The van der Waals surface area contributed by atoms with Crippen LogP contribution in [-0.4, -0.2) is 17.3 Å². The zero-order chi connectivity index (χ0) is 13.4. The van der Waals surface area contributed by atoms with Crippen LogP contribution in [0.5, 0.6) is 0 Å². The molecule has 0 heterocycles. The molecule has 2 nitrogen and oxygen atoms in total. The van der Waals surface area contributed by atoms with Gasteiger partial charge >= 0.3 is 6.18 Å². The van der Waals surface area contributed by atoms with Crippen LogP contribution < -0.4 is 5.73 Å². The Bertz CT molecular complexity index is 418. The van der Waals surface area contributed by atoms with E-state index >= 15 is 0 Å². The first-order valence-corrected chi connectivity index (χ1v) is 4.61. The molecule has 0 spiro atoms. The van der Waals surface area contributed by atoms with Crippen LogP contribution in [0.15, 0.2) is 18.2 Å². The van der Waals surface area contributed by atoms with Crippen molar-refractivity contribution in [3.05, 3.63) is 35.4 Å². The molecule has 0 fully saturated rings. The van der Waals surface area contributed by atoms with E-state index in [2.05, 4.69) is 0 Å². The molecular formula is C10H10F5NO. The van der Waals surface area contributed by atoms with Gasteiger partial charge in [-0.2, -0.15) is 13.2 Å². The summed E-state index contributed by atoms with van der Waals surface area (Å²) in [5.41, 5.74) is 0.419. The van der Waals surface area contributed by atoms with Gasteiger partial charge in [-0.25, -0.2) is 8.78 Å². The van der Waals surface area contributed by atoms with Gasteiger partial charge in [0, 0.05) is 17.7 Å². The number of alkyl halides is 3. The summed E-state index contributed by atoms with van der Waals surface area (Å²) in [5, 5.41) is 9.56. The van der Waals surface area contributed by atoms with Crippen molar-refractivity contribution in [3.8, 4) is 0 Å². The van der Waals surface area contributed by atoms with Gasteiger partial charge in [0.05, 0.1) is 0 Å². The Kier molecular flexibility index (Phi) is 3.45. The zero-order valence-electron chi connectivity index (χ0n) is 8.72. The highest BCUT2D eigenvalue weighted by molar-refractivity contribution is 5.28. The number of benzene rings is 1. The normalized spacial score (nSPS) is 17.6. The third-order valence-corrected chi connectivity index (χ3v) is 2.43. The quantitative estimate of drug-likeness (QED) is 0.794. The lowest BCUT2D eigenvalue weighted by Crippen LogP contribution is -2.54. The Morgan fingerprint density at radius 2 is 1.76 bits per heavy atom. The fourth-order valence-corrected chi connectivity index (χ4v) is 1.45. The van der Waals surface area contributed by atoms with E-state index in [4.69, 9.17) is 5.73 Å². The molecule has 2 atom stereocenters. The molecule has 7 heteroatoms. The van der Waals surface area contributed by atoms with E-state index in [-0.39, 0.29) is 6.07 Å². The molecule has 0 aromatic heterocycles. The maximum Gasteiger partial charge on any atom is 0.423 e. The average Bonchev–Trinajstić information content (AvgIpc) is 2.14. The van der Waals surface area contributed by atoms with Crippen molar-refractivity contribution in [2.24, 2.45) is 5.73 Å². The standard InChI is InChI=1S/C10H10F5NO/c1-5(16)9(17,10(13,14)15)7-3-2-6(11)4-8(7)12/h2-5,17H,16H2,1H3. The molecule has 1 aromatic carbocycles. The first-order valence-electron chi connectivity index (χ1n) is 4.61. The van der Waals surface area contributed by atoms with Gasteiger partial charge < -0.3 is 10.8 Å². The Balaban J connectivity index is 3.44. The van der Waals surface area contributed by atoms with E-state index in [9.17, 15) is 27.1 Å². The van der Waals surface area contributed by atoms with Gasteiger partial charge in [0.2, 0.25) is 5.60 Å². The molecule has 1 aromatic rings. The summed E-state index contributed by atoms with van der Waals surface area (Å²) < 4.78 is 64.1. The number of aliphatic hydroxyl groups is 1. The molecule has 2 unspecified atom stereocenters. The number of hydrogen-bond acceptors (Lipinski definition) is 2. The summed E-state index contributed by atoms with van der Waals surface area (Å²) in [5.74, 6) is -2.54. The summed E-state index contributed by atoms with van der Waals surface area (Å²) in [6.45, 7) is 0.885. The van der Waals surface area contributed by atoms with Crippen LogP contribution >= 0.6 is 0 Å². The van der Waals surface area contributed by atoms with E-state index < -0.39 is 35.0 Å². The molecule has 0 aliphatic carbocycles. The third-order valence-electron chi connectivity index (χ3n) is 2.43. The summed E-state index contributed by atoms with van der Waals surface area (Å²) in [6.07, 6.45) is -5.17. The molecule has 0 saturated heterocycles. The predicted octanol–water partition coefficient (Wildman–Crippen LogP) is 2.06. The zero-order valence-corrected chi connectivity index (χ0v) is 8.72. The molecule has 0 radical (unpaired) electrons. The Labute approximate surface area is 93.9 Å². The maximum absolute atomic E-state index is 13.3. The lowest BCUT2D eigenvalue weighted by molar-refractivity contribution is -0.273. The minimum absolute atomic E-state index is 0.258. The second-order valence-corrected chi connectivity index (χ2v) is 3.68.